The average Bonchev–Trinajstić information content (AvgIpc) is 3.21. The number of hydrogen-bond donors (Lipinski definition) is 0. The average molecular weight is 415 g/mol. The summed E-state index contributed by atoms with van der Waals surface area (Å²) in [5.74, 6) is 1.17. The predicted molar refractivity (Wildman–Crippen MR) is 120 cm³/mol. The normalized spacial score (nSPS) is 10.8. The van der Waals surface area contributed by atoms with E-state index in [1.807, 2.05) is 54.6 Å². The van der Waals surface area contributed by atoms with Crippen molar-refractivity contribution in [3.05, 3.63) is 95.8 Å². The maximum absolute atomic E-state index is 12.7. The standard InChI is InChI=1S/C24H22N4OS/c1-2-18-8-10-20(11-9-18)22(29)17-30-24-27-26-23(21-12-14-25-15-13-21)28(24)16-19-6-4-3-5-7-19/h3-15H,2,16-17H2,1H3. The predicted octanol–water partition coefficient (Wildman–Crippen LogP) is 4.93. The number of benzene rings is 2. The summed E-state index contributed by atoms with van der Waals surface area (Å²) in [6.07, 6.45) is 4.45. The third kappa shape index (κ3) is 4.66. The summed E-state index contributed by atoms with van der Waals surface area (Å²) >= 11 is 1.42. The highest BCUT2D eigenvalue weighted by Crippen LogP contribution is 2.25. The van der Waals surface area contributed by atoms with Crippen LogP contribution in [0.4, 0.5) is 0 Å². The van der Waals surface area contributed by atoms with Crippen LogP contribution >= 0.6 is 11.8 Å². The molecule has 0 aliphatic heterocycles. The van der Waals surface area contributed by atoms with Crippen LogP contribution in [0.25, 0.3) is 11.4 Å². The highest BCUT2D eigenvalue weighted by atomic mass is 32.2. The molecule has 4 aromatic rings. The number of carbonyl (C=O) groups is 1. The van der Waals surface area contributed by atoms with Crippen molar-refractivity contribution in [2.24, 2.45) is 0 Å². The van der Waals surface area contributed by atoms with Crippen LogP contribution in [0, 0.1) is 0 Å². The molecule has 0 saturated carbocycles. The Bertz CT molecular complexity index is 1110. The van der Waals surface area contributed by atoms with Gasteiger partial charge in [0.05, 0.1) is 12.3 Å². The molecule has 0 fully saturated rings. The van der Waals surface area contributed by atoms with E-state index in [1.54, 1.807) is 12.4 Å². The van der Waals surface area contributed by atoms with Crippen molar-refractivity contribution >= 4 is 17.5 Å². The van der Waals surface area contributed by atoms with Gasteiger partial charge in [-0.25, -0.2) is 0 Å². The van der Waals surface area contributed by atoms with E-state index in [0.717, 1.165) is 34.1 Å². The number of nitrogens with zero attached hydrogens (tertiary/aromatic N) is 4. The van der Waals surface area contributed by atoms with E-state index >= 15 is 0 Å². The number of carbonyl (C=O) groups excluding carboxylic acids is 1. The minimum absolute atomic E-state index is 0.0855. The molecule has 5 nitrogen and oxygen atoms in total. The Balaban J connectivity index is 1.57. The number of Topliss-reactive ketones (excluding diaryl/α,β-unsaturated/α-hetero) is 1. The van der Waals surface area contributed by atoms with Crippen molar-refractivity contribution < 1.29 is 4.79 Å². The Morgan fingerprint density at radius 2 is 1.63 bits per heavy atom. The topological polar surface area (TPSA) is 60.7 Å². The van der Waals surface area contributed by atoms with Crippen LogP contribution in [0.3, 0.4) is 0 Å². The monoisotopic (exact) mass is 414 g/mol. The van der Waals surface area contributed by atoms with Gasteiger partial charge in [-0.3, -0.25) is 14.3 Å². The lowest BCUT2D eigenvalue weighted by Crippen LogP contribution is -2.07. The molecule has 2 heterocycles. The highest BCUT2D eigenvalue weighted by molar-refractivity contribution is 7.99. The molecule has 4 rings (SSSR count). The molecule has 30 heavy (non-hydrogen) atoms. The number of aromatic nitrogens is 4. The molecule has 0 unspecified atom stereocenters. The molecule has 0 atom stereocenters. The van der Waals surface area contributed by atoms with Gasteiger partial charge in [0.15, 0.2) is 16.8 Å². The lowest BCUT2D eigenvalue weighted by Gasteiger charge is -2.10. The summed E-state index contributed by atoms with van der Waals surface area (Å²) in [5, 5.41) is 9.52. The first-order valence-electron chi connectivity index (χ1n) is 9.87. The minimum Gasteiger partial charge on any atom is -0.298 e. The lowest BCUT2D eigenvalue weighted by atomic mass is 10.1. The molecule has 0 N–H and O–H groups in total. The van der Waals surface area contributed by atoms with Gasteiger partial charge >= 0.3 is 0 Å². The largest absolute Gasteiger partial charge is 0.298 e. The fourth-order valence-electron chi connectivity index (χ4n) is 3.16. The molecule has 2 aromatic heterocycles. The second-order valence-corrected chi connectivity index (χ2v) is 7.82. The summed E-state index contributed by atoms with van der Waals surface area (Å²) in [4.78, 5) is 16.8. The van der Waals surface area contributed by atoms with Crippen LogP contribution in [0.1, 0.15) is 28.4 Å². The lowest BCUT2D eigenvalue weighted by molar-refractivity contribution is 0.102. The minimum atomic E-state index is 0.0855. The van der Waals surface area contributed by atoms with Crippen molar-refractivity contribution in [3.63, 3.8) is 0 Å². The van der Waals surface area contributed by atoms with E-state index in [1.165, 1.54) is 17.3 Å². The molecule has 0 aliphatic rings. The van der Waals surface area contributed by atoms with E-state index in [4.69, 9.17) is 0 Å². The molecular formula is C24H22N4OS. The van der Waals surface area contributed by atoms with Gasteiger partial charge in [0.2, 0.25) is 0 Å². The zero-order chi connectivity index (χ0) is 20.8. The van der Waals surface area contributed by atoms with Crippen LogP contribution < -0.4 is 0 Å². The molecular weight excluding hydrogens is 392 g/mol. The van der Waals surface area contributed by atoms with E-state index in [2.05, 4.69) is 38.8 Å². The molecule has 0 radical (unpaired) electrons. The number of pyridine rings is 1. The second kappa shape index (κ2) is 9.50. The molecule has 0 bridgehead atoms. The number of rotatable bonds is 8. The van der Waals surface area contributed by atoms with Gasteiger partial charge < -0.3 is 0 Å². The summed E-state index contributed by atoms with van der Waals surface area (Å²) in [6, 6.07) is 21.8. The summed E-state index contributed by atoms with van der Waals surface area (Å²) < 4.78 is 2.06. The molecule has 0 amide bonds. The Labute approximate surface area is 180 Å². The van der Waals surface area contributed by atoms with Gasteiger partial charge in [0, 0.05) is 23.5 Å². The zero-order valence-corrected chi connectivity index (χ0v) is 17.5. The van der Waals surface area contributed by atoms with Crippen molar-refractivity contribution in [2.75, 3.05) is 5.75 Å². The Kier molecular flexibility index (Phi) is 6.35. The van der Waals surface area contributed by atoms with Gasteiger partial charge in [-0.05, 0) is 29.7 Å². The quantitative estimate of drug-likeness (QED) is 0.302. The molecule has 6 heteroatoms. The van der Waals surface area contributed by atoms with E-state index < -0.39 is 0 Å². The van der Waals surface area contributed by atoms with Crippen LogP contribution in [-0.4, -0.2) is 31.3 Å². The Hall–Kier alpha value is -3.25. The maximum Gasteiger partial charge on any atom is 0.192 e. The van der Waals surface area contributed by atoms with Gasteiger partial charge in [-0.1, -0.05) is 73.3 Å². The zero-order valence-electron chi connectivity index (χ0n) is 16.7. The SMILES string of the molecule is CCc1ccc(C(=O)CSc2nnc(-c3ccncc3)n2Cc2ccccc2)cc1. The van der Waals surface area contributed by atoms with E-state index in [-0.39, 0.29) is 5.78 Å². The van der Waals surface area contributed by atoms with Crippen LogP contribution in [0.15, 0.2) is 84.3 Å². The van der Waals surface area contributed by atoms with Crippen LogP contribution in [0.5, 0.6) is 0 Å². The molecule has 0 saturated heterocycles. The summed E-state index contributed by atoms with van der Waals surface area (Å²) in [5.41, 5.74) is 4.05. The second-order valence-electron chi connectivity index (χ2n) is 6.88. The Morgan fingerprint density at radius 3 is 2.33 bits per heavy atom. The Morgan fingerprint density at radius 1 is 0.900 bits per heavy atom. The number of aryl methyl sites for hydroxylation is 1. The van der Waals surface area contributed by atoms with Crippen LogP contribution in [-0.2, 0) is 13.0 Å². The number of hydrogen-bond acceptors (Lipinski definition) is 5. The smallest absolute Gasteiger partial charge is 0.192 e. The molecule has 2 aromatic carbocycles. The first-order chi connectivity index (χ1) is 14.7. The van der Waals surface area contributed by atoms with E-state index in [9.17, 15) is 4.79 Å². The highest BCUT2D eigenvalue weighted by Gasteiger charge is 2.16. The first kappa shape index (κ1) is 20.0. The van der Waals surface area contributed by atoms with Gasteiger partial charge in [0.1, 0.15) is 0 Å². The number of ketones is 1. The molecule has 150 valence electrons. The van der Waals surface area contributed by atoms with Crippen molar-refractivity contribution in [3.8, 4) is 11.4 Å². The molecule has 0 spiro atoms. The third-order valence-electron chi connectivity index (χ3n) is 4.86. The fourth-order valence-corrected chi connectivity index (χ4v) is 3.99. The van der Waals surface area contributed by atoms with Gasteiger partial charge in [-0.2, -0.15) is 0 Å². The molecule has 0 aliphatic carbocycles. The third-order valence-corrected chi connectivity index (χ3v) is 5.82. The van der Waals surface area contributed by atoms with Gasteiger partial charge in [-0.15, -0.1) is 10.2 Å². The summed E-state index contributed by atoms with van der Waals surface area (Å²) in [6.45, 7) is 2.74. The van der Waals surface area contributed by atoms with Gasteiger partial charge in [0.25, 0.3) is 0 Å². The van der Waals surface area contributed by atoms with Crippen LogP contribution in [0.2, 0.25) is 0 Å². The number of thioether (sulfide) groups is 1. The van der Waals surface area contributed by atoms with E-state index in [0.29, 0.717) is 12.3 Å². The fraction of sp³-hybridized carbons (Fsp3) is 0.167. The van der Waals surface area contributed by atoms with Crippen molar-refractivity contribution in [2.45, 2.75) is 25.0 Å². The van der Waals surface area contributed by atoms with Crippen molar-refractivity contribution in [1.29, 1.82) is 0 Å². The maximum atomic E-state index is 12.7. The summed E-state index contributed by atoms with van der Waals surface area (Å²) in [7, 11) is 0. The first-order valence-corrected chi connectivity index (χ1v) is 10.9. The van der Waals surface area contributed by atoms with Crippen molar-refractivity contribution in [1.82, 2.24) is 19.7 Å².